The minimum atomic E-state index is 0.654. The molecule has 0 unspecified atom stereocenters. The summed E-state index contributed by atoms with van der Waals surface area (Å²) in [6, 6.07) is 6.30. The summed E-state index contributed by atoms with van der Waals surface area (Å²) in [6.07, 6.45) is 8.01. The van der Waals surface area contributed by atoms with E-state index in [-0.39, 0.29) is 0 Å². The van der Waals surface area contributed by atoms with Crippen molar-refractivity contribution in [2.75, 3.05) is 13.1 Å². The quantitative estimate of drug-likeness (QED) is 0.897. The minimum Gasteiger partial charge on any atom is -0.299 e. The van der Waals surface area contributed by atoms with Gasteiger partial charge in [0.1, 0.15) is 0 Å². The number of rotatable bonds is 3. The fourth-order valence-electron chi connectivity index (χ4n) is 2.64. The number of nitrogens with one attached hydrogen (secondary N) is 1. The highest BCUT2D eigenvalue weighted by atomic mass is 15.1. The van der Waals surface area contributed by atoms with Crippen LogP contribution in [-0.4, -0.2) is 33.2 Å². The van der Waals surface area contributed by atoms with Gasteiger partial charge in [0.05, 0.1) is 0 Å². The van der Waals surface area contributed by atoms with E-state index in [1.807, 2.05) is 18.6 Å². The van der Waals surface area contributed by atoms with Crippen molar-refractivity contribution in [3.8, 4) is 0 Å². The average molecular weight is 242 g/mol. The van der Waals surface area contributed by atoms with Gasteiger partial charge in [0.2, 0.25) is 0 Å². The molecule has 1 N–H and O–H groups in total. The molecule has 1 aliphatic rings. The number of hydrogen-bond acceptors (Lipinski definition) is 3. The monoisotopic (exact) mass is 242 g/mol. The van der Waals surface area contributed by atoms with Gasteiger partial charge in [-0.05, 0) is 49.7 Å². The predicted octanol–water partition coefficient (Wildman–Crippen LogP) is 2.18. The molecule has 0 saturated carbocycles. The summed E-state index contributed by atoms with van der Waals surface area (Å²) in [6.45, 7) is 3.36. The van der Waals surface area contributed by atoms with E-state index in [0.29, 0.717) is 5.92 Å². The molecule has 94 valence electrons. The van der Waals surface area contributed by atoms with E-state index in [1.54, 1.807) is 0 Å². The predicted molar refractivity (Wildman–Crippen MR) is 70.1 cm³/mol. The number of piperidine rings is 1. The number of H-pyrrole nitrogens is 1. The van der Waals surface area contributed by atoms with E-state index in [0.717, 1.165) is 19.6 Å². The van der Waals surface area contributed by atoms with Gasteiger partial charge in [-0.15, -0.1) is 0 Å². The van der Waals surface area contributed by atoms with Crippen LogP contribution in [0.4, 0.5) is 0 Å². The first-order chi connectivity index (χ1) is 8.92. The van der Waals surface area contributed by atoms with Crippen LogP contribution in [0.25, 0.3) is 0 Å². The van der Waals surface area contributed by atoms with Crippen LogP contribution in [0.15, 0.2) is 36.8 Å². The molecule has 18 heavy (non-hydrogen) atoms. The van der Waals surface area contributed by atoms with Crippen LogP contribution >= 0.6 is 0 Å². The molecule has 1 saturated heterocycles. The fraction of sp³-hybridized carbons (Fsp3) is 0.429. The Labute approximate surface area is 107 Å². The third-order valence-electron chi connectivity index (χ3n) is 3.71. The summed E-state index contributed by atoms with van der Waals surface area (Å²) in [5.74, 6) is 0.654. The molecule has 3 heterocycles. The summed E-state index contributed by atoms with van der Waals surface area (Å²) in [5.41, 5.74) is 2.64. The van der Waals surface area contributed by atoms with Gasteiger partial charge in [-0.1, -0.05) is 0 Å². The number of nitrogens with zero attached hydrogens (tertiary/aromatic N) is 3. The van der Waals surface area contributed by atoms with Crippen molar-refractivity contribution in [2.45, 2.75) is 25.3 Å². The van der Waals surface area contributed by atoms with Crippen LogP contribution in [0.3, 0.4) is 0 Å². The first kappa shape index (κ1) is 11.4. The summed E-state index contributed by atoms with van der Waals surface area (Å²) in [5, 5.41) is 7.13. The molecule has 0 radical (unpaired) electrons. The Balaban J connectivity index is 1.54. The molecule has 0 spiro atoms. The van der Waals surface area contributed by atoms with E-state index in [4.69, 9.17) is 0 Å². The Morgan fingerprint density at radius 3 is 2.56 bits per heavy atom. The standard InChI is InChI=1S/C14H18N4/c1-6-15-7-2-12(1)11-18-9-4-13(5-10-18)14-3-8-16-17-14/h1-3,6-8,13H,4-5,9-11H2,(H,16,17). The first-order valence-corrected chi connectivity index (χ1v) is 6.52. The number of pyridine rings is 1. The van der Waals surface area contributed by atoms with Crippen molar-refractivity contribution in [3.05, 3.63) is 48.0 Å². The molecule has 2 aromatic heterocycles. The van der Waals surface area contributed by atoms with Crippen LogP contribution in [0.2, 0.25) is 0 Å². The van der Waals surface area contributed by atoms with E-state index < -0.39 is 0 Å². The first-order valence-electron chi connectivity index (χ1n) is 6.52. The summed E-state index contributed by atoms with van der Waals surface area (Å²) in [4.78, 5) is 6.57. The zero-order chi connectivity index (χ0) is 12.2. The van der Waals surface area contributed by atoms with Crippen LogP contribution in [-0.2, 0) is 6.54 Å². The molecule has 0 aliphatic carbocycles. The molecule has 2 aromatic rings. The molecule has 0 amide bonds. The molecule has 4 nitrogen and oxygen atoms in total. The van der Waals surface area contributed by atoms with Gasteiger partial charge in [-0.25, -0.2) is 0 Å². The minimum absolute atomic E-state index is 0.654. The van der Waals surface area contributed by atoms with E-state index in [1.165, 1.54) is 24.1 Å². The Morgan fingerprint density at radius 2 is 1.89 bits per heavy atom. The zero-order valence-electron chi connectivity index (χ0n) is 10.4. The average Bonchev–Trinajstić information content (AvgIpc) is 2.95. The second-order valence-electron chi connectivity index (χ2n) is 4.92. The van der Waals surface area contributed by atoms with E-state index in [2.05, 4.69) is 38.3 Å². The molecule has 3 rings (SSSR count). The maximum absolute atomic E-state index is 4.05. The zero-order valence-corrected chi connectivity index (χ0v) is 10.4. The van der Waals surface area contributed by atoms with Gasteiger partial charge < -0.3 is 0 Å². The Hall–Kier alpha value is -1.68. The highest BCUT2D eigenvalue weighted by Gasteiger charge is 2.21. The number of likely N-dealkylation sites (tertiary alicyclic amines) is 1. The SMILES string of the molecule is c1cc(CN2CCC(c3ccn[nH]3)CC2)ccn1. The molecule has 0 aromatic carbocycles. The molecule has 1 aliphatic heterocycles. The van der Waals surface area contributed by atoms with Crippen molar-refractivity contribution in [1.29, 1.82) is 0 Å². The maximum Gasteiger partial charge on any atom is 0.0490 e. The Bertz CT molecular complexity index is 458. The second kappa shape index (κ2) is 5.31. The third-order valence-corrected chi connectivity index (χ3v) is 3.71. The Kier molecular flexibility index (Phi) is 3.37. The largest absolute Gasteiger partial charge is 0.299 e. The van der Waals surface area contributed by atoms with Gasteiger partial charge in [0, 0.05) is 36.7 Å². The van der Waals surface area contributed by atoms with Crippen molar-refractivity contribution < 1.29 is 0 Å². The van der Waals surface area contributed by atoms with E-state index in [9.17, 15) is 0 Å². The lowest BCUT2D eigenvalue weighted by molar-refractivity contribution is 0.203. The summed E-state index contributed by atoms with van der Waals surface area (Å²) < 4.78 is 0. The number of aromatic nitrogens is 3. The molecular formula is C14H18N4. The summed E-state index contributed by atoms with van der Waals surface area (Å²) >= 11 is 0. The second-order valence-corrected chi connectivity index (χ2v) is 4.92. The van der Waals surface area contributed by atoms with Gasteiger partial charge in [-0.2, -0.15) is 5.10 Å². The smallest absolute Gasteiger partial charge is 0.0490 e. The molecule has 0 atom stereocenters. The van der Waals surface area contributed by atoms with Crippen molar-refractivity contribution >= 4 is 0 Å². The van der Waals surface area contributed by atoms with Gasteiger partial charge in [0.25, 0.3) is 0 Å². The third kappa shape index (κ3) is 2.59. The lowest BCUT2D eigenvalue weighted by atomic mass is 9.93. The maximum atomic E-state index is 4.05. The van der Waals surface area contributed by atoms with Crippen LogP contribution in [0, 0.1) is 0 Å². The Morgan fingerprint density at radius 1 is 1.11 bits per heavy atom. The van der Waals surface area contributed by atoms with Crippen LogP contribution in [0.5, 0.6) is 0 Å². The molecule has 1 fully saturated rings. The van der Waals surface area contributed by atoms with Crippen molar-refractivity contribution in [2.24, 2.45) is 0 Å². The lowest BCUT2D eigenvalue weighted by Crippen LogP contribution is -2.32. The molecular weight excluding hydrogens is 224 g/mol. The topological polar surface area (TPSA) is 44.8 Å². The number of aromatic amines is 1. The van der Waals surface area contributed by atoms with Crippen molar-refractivity contribution in [3.63, 3.8) is 0 Å². The number of hydrogen-bond donors (Lipinski definition) is 1. The van der Waals surface area contributed by atoms with Gasteiger partial charge >= 0.3 is 0 Å². The highest BCUT2D eigenvalue weighted by molar-refractivity contribution is 5.11. The fourth-order valence-corrected chi connectivity index (χ4v) is 2.64. The normalized spacial score (nSPS) is 18.0. The van der Waals surface area contributed by atoms with Crippen molar-refractivity contribution in [1.82, 2.24) is 20.1 Å². The lowest BCUT2D eigenvalue weighted by Gasteiger charge is -2.31. The van der Waals surface area contributed by atoms with Gasteiger partial charge in [0.15, 0.2) is 0 Å². The van der Waals surface area contributed by atoms with E-state index >= 15 is 0 Å². The van der Waals surface area contributed by atoms with Crippen LogP contribution < -0.4 is 0 Å². The van der Waals surface area contributed by atoms with Crippen LogP contribution in [0.1, 0.15) is 30.0 Å². The summed E-state index contributed by atoms with van der Waals surface area (Å²) in [7, 11) is 0. The highest BCUT2D eigenvalue weighted by Crippen LogP contribution is 2.26. The molecule has 0 bridgehead atoms. The molecule has 4 heteroatoms. The van der Waals surface area contributed by atoms with Gasteiger partial charge in [-0.3, -0.25) is 15.0 Å².